The van der Waals surface area contributed by atoms with Gasteiger partial charge in [0.05, 0.1) is 6.42 Å². The maximum Gasteiger partial charge on any atom is 0.230 e. The number of benzene rings is 1. The summed E-state index contributed by atoms with van der Waals surface area (Å²) in [6, 6.07) is 7.44. The third-order valence-corrected chi connectivity index (χ3v) is 2.99. The van der Waals surface area contributed by atoms with E-state index in [-0.39, 0.29) is 11.9 Å². The van der Waals surface area contributed by atoms with Crippen LogP contribution < -0.4 is 10.6 Å². The zero-order chi connectivity index (χ0) is 13.5. The summed E-state index contributed by atoms with van der Waals surface area (Å²) in [5.74, 6) is -0.127. The fourth-order valence-corrected chi connectivity index (χ4v) is 1.76. The number of hydrogen-bond donors (Lipinski definition) is 2. The Bertz CT molecular complexity index is 420. The first-order valence-electron chi connectivity index (χ1n) is 5.86. The Hall–Kier alpha value is -1.13. The van der Waals surface area contributed by atoms with Crippen LogP contribution in [0.4, 0.5) is 0 Å². The average Bonchev–Trinajstić information content (AvgIpc) is 2.31. The fraction of sp³-hybridized carbons (Fsp3) is 0.385. The van der Waals surface area contributed by atoms with Gasteiger partial charge in [-0.15, -0.1) is 0 Å². The molecule has 0 heterocycles. The number of amides is 1. The number of halogens is 1. The molecule has 0 fully saturated rings. The van der Waals surface area contributed by atoms with Gasteiger partial charge in [-0.3, -0.25) is 4.79 Å². The van der Waals surface area contributed by atoms with Crippen molar-refractivity contribution in [2.45, 2.75) is 32.7 Å². The summed E-state index contributed by atoms with van der Waals surface area (Å²) in [6.45, 7) is 4.06. The predicted molar refractivity (Wildman–Crippen MR) is 78.8 cm³/mol. The van der Waals surface area contributed by atoms with Gasteiger partial charge in [0.2, 0.25) is 5.91 Å². The second-order valence-corrected chi connectivity index (χ2v) is 4.98. The van der Waals surface area contributed by atoms with Crippen molar-refractivity contribution < 1.29 is 4.79 Å². The molecule has 0 bridgehead atoms. The van der Waals surface area contributed by atoms with Gasteiger partial charge in [-0.05, 0) is 43.3 Å². The molecule has 5 heteroatoms. The second-order valence-electron chi connectivity index (χ2n) is 4.13. The molecule has 0 aromatic heterocycles. The van der Waals surface area contributed by atoms with E-state index in [9.17, 15) is 4.79 Å². The Morgan fingerprint density at radius 1 is 1.39 bits per heavy atom. The Morgan fingerprint density at radius 2 is 2.00 bits per heavy atom. The Balaban J connectivity index is 2.42. The molecule has 1 rings (SSSR count). The molecule has 1 aromatic rings. The molecule has 1 atom stereocenters. The van der Waals surface area contributed by atoms with Crippen LogP contribution in [0.2, 0.25) is 5.02 Å². The van der Waals surface area contributed by atoms with E-state index in [0.717, 1.165) is 12.0 Å². The smallest absolute Gasteiger partial charge is 0.230 e. The van der Waals surface area contributed by atoms with Crippen molar-refractivity contribution in [3.05, 3.63) is 34.9 Å². The van der Waals surface area contributed by atoms with Crippen LogP contribution in [-0.2, 0) is 11.2 Å². The van der Waals surface area contributed by atoms with Crippen molar-refractivity contribution in [3.8, 4) is 0 Å². The van der Waals surface area contributed by atoms with Crippen LogP contribution in [0.3, 0.4) is 0 Å². The van der Waals surface area contributed by atoms with Gasteiger partial charge in [-0.2, -0.15) is 0 Å². The number of thiocarbonyl (C=S) groups is 1. The molecular formula is C13H17ClN2OS. The van der Waals surface area contributed by atoms with E-state index in [1.54, 1.807) is 12.1 Å². The first-order chi connectivity index (χ1) is 8.51. The highest BCUT2D eigenvalue weighted by Gasteiger charge is 2.07. The lowest BCUT2D eigenvalue weighted by atomic mass is 10.1. The highest BCUT2D eigenvalue weighted by Crippen LogP contribution is 2.09. The number of carbonyl (C=O) groups excluding carboxylic acids is 1. The van der Waals surface area contributed by atoms with E-state index in [2.05, 4.69) is 17.6 Å². The van der Waals surface area contributed by atoms with E-state index < -0.39 is 0 Å². The summed E-state index contributed by atoms with van der Waals surface area (Å²) in [5, 5.41) is 6.73. The number of rotatable bonds is 4. The Kier molecular flexibility index (Phi) is 6.09. The molecule has 0 aliphatic rings. The molecule has 0 aliphatic heterocycles. The van der Waals surface area contributed by atoms with Crippen LogP contribution in [0.25, 0.3) is 0 Å². The molecule has 3 nitrogen and oxygen atoms in total. The average molecular weight is 285 g/mol. The molecule has 18 heavy (non-hydrogen) atoms. The van der Waals surface area contributed by atoms with E-state index in [4.69, 9.17) is 23.8 Å². The molecular weight excluding hydrogens is 268 g/mol. The topological polar surface area (TPSA) is 41.1 Å². The van der Waals surface area contributed by atoms with Crippen molar-refractivity contribution >= 4 is 34.8 Å². The molecule has 98 valence electrons. The van der Waals surface area contributed by atoms with Crippen molar-refractivity contribution in [3.63, 3.8) is 0 Å². The van der Waals surface area contributed by atoms with Gasteiger partial charge in [0.15, 0.2) is 5.11 Å². The molecule has 1 aromatic carbocycles. The second kappa shape index (κ2) is 7.34. The van der Waals surface area contributed by atoms with Crippen LogP contribution in [0, 0.1) is 0 Å². The van der Waals surface area contributed by atoms with Gasteiger partial charge in [-0.1, -0.05) is 30.7 Å². The summed E-state index contributed by atoms with van der Waals surface area (Å²) >= 11 is 10.8. The summed E-state index contributed by atoms with van der Waals surface area (Å²) in [4.78, 5) is 11.7. The highest BCUT2D eigenvalue weighted by molar-refractivity contribution is 7.80. The van der Waals surface area contributed by atoms with Crippen molar-refractivity contribution in [2.75, 3.05) is 0 Å². The van der Waals surface area contributed by atoms with Crippen molar-refractivity contribution in [1.82, 2.24) is 10.6 Å². The molecule has 1 unspecified atom stereocenters. The maximum absolute atomic E-state index is 11.7. The molecule has 0 saturated carbocycles. The minimum absolute atomic E-state index is 0.127. The molecule has 2 N–H and O–H groups in total. The Labute approximate surface area is 118 Å². The molecule has 0 spiro atoms. The van der Waals surface area contributed by atoms with Crippen LogP contribution in [0.1, 0.15) is 25.8 Å². The van der Waals surface area contributed by atoms with Crippen molar-refractivity contribution in [2.24, 2.45) is 0 Å². The minimum Gasteiger partial charge on any atom is -0.360 e. The standard InChI is InChI=1S/C13H17ClN2OS/c1-3-9(2)15-13(18)16-12(17)8-10-4-6-11(14)7-5-10/h4-7,9H,3,8H2,1-2H3,(H2,15,16,17,18). The molecule has 1 amide bonds. The van der Waals surface area contributed by atoms with Gasteiger partial charge in [0.25, 0.3) is 0 Å². The SMILES string of the molecule is CCC(C)NC(=S)NC(=O)Cc1ccc(Cl)cc1. The number of nitrogens with one attached hydrogen (secondary N) is 2. The lowest BCUT2D eigenvalue weighted by Crippen LogP contribution is -2.43. The first-order valence-corrected chi connectivity index (χ1v) is 6.64. The Morgan fingerprint density at radius 3 is 2.56 bits per heavy atom. The zero-order valence-electron chi connectivity index (χ0n) is 10.5. The van der Waals surface area contributed by atoms with E-state index >= 15 is 0 Å². The summed E-state index contributed by atoms with van der Waals surface area (Å²) < 4.78 is 0. The van der Waals surface area contributed by atoms with Crippen molar-refractivity contribution in [1.29, 1.82) is 0 Å². The van der Waals surface area contributed by atoms with E-state index in [0.29, 0.717) is 16.6 Å². The van der Waals surface area contributed by atoms with E-state index in [1.165, 1.54) is 0 Å². The lowest BCUT2D eigenvalue weighted by Gasteiger charge is -2.14. The predicted octanol–water partition coefficient (Wildman–Crippen LogP) is 2.67. The van der Waals surface area contributed by atoms with Gasteiger partial charge < -0.3 is 10.6 Å². The summed E-state index contributed by atoms with van der Waals surface area (Å²) in [7, 11) is 0. The zero-order valence-corrected chi connectivity index (χ0v) is 12.1. The largest absolute Gasteiger partial charge is 0.360 e. The van der Waals surface area contributed by atoms with E-state index in [1.807, 2.05) is 19.1 Å². The molecule has 0 aliphatic carbocycles. The number of hydrogen-bond acceptors (Lipinski definition) is 2. The minimum atomic E-state index is -0.127. The third-order valence-electron chi connectivity index (χ3n) is 2.52. The fourth-order valence-electron chi connectivity index (χ4n) is 1.32. The van der Waals surface area contributed by atoms with Gasteiger partial charge in [0.1, 0.15) is 0 Å². The molecule has 0 radical (unpaired) electrons. The van der Waals surface area contributed by atoms with Crippen LogP contribution in [0.15, 0.2) is 24.3 Å². The van der Waals surface area contributed by atoms with Gasteiger partial charge in [-0.25, -0.2) is 0 Å². The first kappa shape index (κ1) is 14.9. The summed E-state index contributed by atoms with van der Waals surface area (Å²) in [5.41, 5.74) is 0.906. The quantitative estimate of drug-likeness (QED) is 0.835. The van der Waals surface area contributed by atoms with Crippen LogP contribution >= 0.6 is 23.8 Å². The van der Waals surface area contributed by atoms with Gasteiger partial charge >= 0.3 is 0 Å². The summed E-state index contributed by atoms with van der Waals surface area (Å²) in [6.07, 6.45) is 1.24. The number of carbonyl (C=O) groups is 1. The molecule has 0 saturated heterocycles. The monoisotopic (exact) mass is 284 g/mol. The lowest BCUT2D eigenvalue weighted by molar-refractivity contribution is -0.119. The normalized spacial score (nSPS) is 11.7. The van der Waals surface area contributed by atoms with Crippen LogP contribution in [0.5, 0.6) is 0 Å². The highest BCUT2D eigenvalue weighted by atomic mass is 35.5. The maximum atomic E-state index is 11.7. The van der Waals surface area contributed by atoms with Gasteiger partial charge in [0, 0.05) is 11.1 Å². The van der Waals surface area contributed by atoms with Crippen LogP contribution in [-0.4, -0.2) is 17.1 Å². The third kappa shape index (κ3) is 5.47.